The average Bonchev–Trinajstić information content (AvgIpc) is 3.02. The third-order valence-electron chi connectivity index (χ3n) is 3.50. The summed E-state index contributed by atoms with van der Waals surface area (Å²) in [6, 6.07) is 16.8. The Labute approximate surface area is 105 Å². The predicted molar refractivity (Wildman–Crippen MR) is 74.0 cm³/mol. The topological polar surface area (TPSA) is 17.8 Å². The summed E-state index contributed by atoms with van der Waals surface area (Å²) in [6.45, 7) is 0. The minimum atomic E-state index is 0.960. The summed E-state index contributed by atoms with van der Waals surface area (Å²) in [5.41, 5.74) is 5.12. The zero-order valence-corrected chi connectivity index (χ0v) is 9.88. The van der Waals surface area contributed by atoms with Crippen LogP contribution in [0.15, 0.2) is 54.7 Å². The molecule has 0 atom stereocenters. The van der Waals surface area contributed by atoms with E-state index in [1.807, 2.05) is 12.3 Å². The van der Waals surface area contributed by atoms with E-state index in [-0.39, 0.29) is 0 Å². The fourth-order valence-electron chi connectivity index (χ4n) is 2.60. The summed E-state index contributed by atoms with van der Waals surface area (Å²) in [5, 5.41) is 5.70. The van der Waals surface area contributed by atoms with Crippen LogP contribution >= 0.6 is 0 Å². The van der Waals surface area contributed by atoms with Crippen molar-refractivity contribution < 1.29 is 0 Å². The Balaban J connectivity index is 1.87. The van der Waals surface area contributed by atoms with Gasteiger partial charge in [-0.15, -0.1) is 0 Å². The molecule has 2 aromatic carbocycles. The van der Waals surface area contributed by atoms with Crippen molar-refractivity contribution in [2.45, 2.75) is 6.42 Å². The van der Waals surface area contributed by atoms with Gasteiger partial charge in [-0.3, -0.25) is 0 Å². The summed E-state index contributed by atoms with van der Waals surface area (Å²) in [5.74, 6) is 0. The smallest absolute Gasteiger partial charge is 0.0737 e. The van der Waals surface area contributed by atoms with Crippen LogP contribution in [0.3, 0.4) is 0 Å². The van der Waals surface area contributed by atoms with Gasteiger partial charge in [-0.1, -0.05) is 42.5 Å². The number of benzene rings is 2. The molecule has 0 saturated carbocycles. The van der Waals surface area contributed by atoms with Crippen LogP contribution in [0.2, 0.25) is 0 Å². The molecule has 0 bridgehead atoms. The predicted octanol–water partition coefficient (Wildman–Crippen LogP) is 3.59. The van der Waals surface area contributed by atoms with E-state index in [0.717, 1.165) is 6.42 Å². The first kappa shape index (κ1) is 9.66. The van der Waals surface area contributed by atoms with Crippen molar-refractivity contribution in [3.8, 4) is 0 Å². The molecule has 0 aliphatic heterocycles. The Morgan fingerprint density at radius 2 is 1.78 bits per heavy atom. The van der Waals surface area contributed by atoms with Crippen LogP contribution < -0.4 is 0 Å². The minimum absolute atomic E-state index is 0.960. The summed E-state index contributed by atoms with van der Waals surface area (Å²) >= 11 is 0. The SMILES string of the molecule is C1=C(n2ncc3ccccc32)Cc2ccccc21. The highest BCUT2D eigenvalue weighted by molar-refractivity contribution is 5.87. The van der Waals surface area contributed by atoms with E-state index in [1.54, 1.807) is 0 Å². The normalized spacial score (nSPS) is 13.7. The van der Waals surface area contributed by atoms with Gasteiger partial charge >= 0.3 is 0 Å². The lowest BCUT2D eigenvalue weighted by molar-refractivity contribution is 0.911. The first-order valence-electron chi connectivity index (χ1n) is 6.13. The maximum absolute atomic E-state index is 4.51. The monoisotopic (exact) mass is 232 g/mol. The van der Waals surface area contributed by atoms with E-state index >= 15 is 0 Å². The van der Waals surface area contributed by atoms with Crippen molar-refractivity contribution in [1.29, 1.82) is 0 Å². The van der Waals surface area contributed by atoms with Crippen molar-refractivity contribution in [2.24, 2.45) is 0 Å². The third-order valence-corrected chi connectivity index (χ3v) is 3.50. The second-order valence-electron chi connectivity index (χ2n) is 4.63. The zero-order chi connectivity index (χ0) is 11.9. The van der Waals surface area contributed by atoms with Crippen molar-refractivity contribution >= 4 is 22.7 Å². The van der Waals surface area contributed by atoms with E-state index in [1.165, 1.54) is 27.7 Å². The maximum atomic E-state index is 4.51. The van der Waals surface area contributed by atoms with E-state index in [0.29, 0.717) is 0 Å². The molecule has 0 spiro atoms. The molecule has 0 amide bonds. The summed E-state index contributed by atoms with van der Waals surface area (Å²) in [6.07, 6.45) is 5.12. The van der Waals surface area contributed by atoms with Crippen molar-refractivity contribution in [1.82, 2.24) is 9.78 Å². The highest BCUT2D eigenvalue weighted by Crippen LogP contribution is 2.29. The second-order valence-corrected chi connectivity index (χ2v) is 4.63. The molecule has 18 heavy (non-hydrogen) atoms. The van der Waals surface area contributed by atoms with Crippen LogP contribution in [0.4, 0.5) is 0 Å². The molecule has 0 saturated heterocycles. The van der Waals surface area contributed by atoms with E-state index in [2.05, 4.69) is 58.3 Å². The van der Waals surface area contributed by atoms with E-state index in [4.69, 9.17) is 0 Å². The Kier molecular flexibility index (Phi) is 1.92. The number of aromatic nitrogens is 2. The van der Waals surface area contributed by atoms with Crippen LogP contribution in [0.1, 0.15) is 11.1 Å². The largest absolute Gasteiger partial charge is 0.237 e. The molecule has 1 aromatic heterocycles. The maximum Gasteiger partial charge on any atom is 0.0737 e. The Bertz CT molecular complexity index is 765. The third kappa shape index (κ3) is 1.32. The molecular formula is C16H12N2. The molecular weight excluding hydrogens is 220 g/mol. The first-order valence-corrected chi connectivity index (χ1v) is 6.13. The molecule has 0 unspecified atom stereocenters. The van der Waals surface area contributed by atoms with Crippen molar-refractivity contribution in [3.05, 3.63) is 65.9 Å². The first-order chi connectivity index (χ1) is 8.92. The Morgan fingerprint density at radius 1 is 0.944 bits per heavy atom. The minimum Gasteiger partial charge on any atom is -0.237 e. The number of hydrogen-bond acceptors (Lipinski definition) is 1. The van der Waals surface area contributed by atoms with Crippen LogP contribution in [-0.4, -0.2) is 9.78 Å². The van der Waals surface area contributed by atoms with Gasteiger partial charge in [0.2, 0.25) is 0 Å². The highest BCUT2D eigenvalue weighted by atomic mass is 15.3. The molecule has 1 aliphatic rings. The summed E-state index contributed by atoms with van der Waals surface area (Å²) < 4.78 is 2.05. The molecule has 86 valence electrons. The van der Waals surface area contributed by atoms with Gasteiger partial charge in [0, 0.05) is 17.5 Å². The Hall–Kier alpha value is -2.35. The van der Waals surface area contributed by atoms with Crippen LogP contribution in [0, 0.1) is 0 Å². The van der Waals surface area contributed by atoms with Crippen molar-refractivity contribution in [2.75, 3.05) is 0 Å². The lowest BCUT2D eigenvalue weighted by atomic mass is 10.1. The fourth-order valence-corrected chi connectivity index (χ4v) is 2.60. The average molecular weight is 232 g/mol. The molecule has 4 rings (SSSR count). The standard InChI is InChI=1S/C16H12N2/c1-2-6-13-10-15(9-12(13)5-1)18-16-8-4-3-7-14(16)11-17-18/h1-9,11H,10H2. The number of nitrogens with zero attached hydrogens (tertiary/aromatic N) is 2. The van der Waals surface area contributed by atoms with Gasteiger partial charge < -0.3 is 0 Å². The number of rotatable bonds is 1. The molecule has 0 fully saturated rings. The number of para-hydroxylation sites is 1. The molecule has 3 aromatic rings. The fraction of sp³-hybridized carbons (Fsp3) is 0.0625. The molecule has 2 nitrogen and oxygen atoms in total. The van der Waals surface area contributed by atoms with Gasteiger partial charge in [-0.05, 0) is 23.3 Å². The molecule has 0 N–H and O–H groups in total. The summed E-state index contributed by atoms with van der Waals surface area (Å²) in [4.78, 5) is 0. The number of fused-ring (bicyclic) bond motifs is 2. The lowest BCUT2D eigenvalue weighted by Crippen LogP contribution is -1.98. The van der Waals surface area contributed by atoms with Crippen LogP contribution in [0.25, 0.3) is 22.7 Å². The van der Waals surface area contributed by atoms with Gasteiger partial charge in [0.25, 0.3) is 0 Å². The van der Waals surface area contributed by atoms with Gasteiger partial charge in [-0.2, -0.15) is 5.10 Å². The second kappa shape index (κ2) is 3.57. The van der Waals surface area contributed by atoms with Gasteiger partial charge in [0.05, 0.1) is 11.7 Å². The lowest BCUT2D eigenvalue weighted by Gasteiger charge is -2.03. The quantitative estimate of drug-likeness (QED) is 0.627. The van der Waals surface area contributed by atoms with Gasteiger partial charge in [0.1, 0.15) is 0 Å². The molecule has 0 radical (unpaired) electrons. The van der Waals surface area contributed by atoms with E-state index < -0.39 is 0 Å². The van der Waals surface area contributed by atoms with Crippen LogP contribution in [-0.2, 0) is 6.42 Å². The number of allylic oxidation sites excluding steroid dienone is 1. The molecule has 1 heterocycles. The summed E-state index contributed by atoms with van der Waals surface area (Å²) in [7, 11) is 0. The van der Waals surface area contributed by atoms with Gasteiger partial charge in [-0.25, -0.2) is 4.68 Å². The highest BCUT2D eigenvalue weighted by Gasteiger charge is 2.15. The Morgan fingerprint density at radius 3 is 2.72 bits per heavy atom. The zero-order valence-electron chi connectivity index (χ0n) is 9.88. The van der Waals surface area contributed by atoms with E-state index in [9.17, 15) is 0 Å². The van der Waals surface area contributed by atoms with Crippen molar-refractivity contribution in [3.63, 3.8) is 0 Å². The van der Waals surface area contributed by atoms with Gasteiger partial charge in [0.15, 0.2) is 0 Å². The van der Waals surface area contributed by atoms with Crippen LogP contribution in [0.5, 0.6) is 0 Å². The number of hydrogen-bond donors (Lipinski definition) is 0. The molecule has 2 heteroatoms. The molecule has 1 aliphatic carbocycles.